The molecule has 1 unspecified atom stereocenters. The van der Waals surface area contributed by atoms with Crippen LogP contribution in [-0.2, 0) is 6.42 Å². The van der Waals surface area contributed by atoms with Crippen molar-refractivity contribution >= 4 is 0 Å². The van der Waals surface area contributed by atoms with Crippen molar-refractivity contribution in [3.63, 3.8) is 0 Å². The highest BCUT2D eigenvalue weighted by Gasteiger charge is 2.11. The zero-order valence-corrected chi connectivity index (χ0v) is 10.2. The summed E-state index contributed by atoms with van der Waals surface area (Å²) < 4.78 is 13.2. The van der Waals surface area contributed by atoms with Gasteiger partial charge < -0.3 is 10.8 Å². The third kappa shape index (κ3) is 2.87. The Hall–Kier alpha value is -1.87. The number of rotatable bonds is 3. The topological polar surface area (TPSA) is 46.2 Å². The summed E-state index contributed by atoms with van der Waals surface area (Å²) in [6.45, 7) is 1.91. The maximum atomic E-state index is 13.2. The zero-order valence-electron chi connectivity index (χ0n) is 10.2. The van der Waals surface area contributed by atoms with Crippen LogP contribution in [0.3, 0.4) is 0 Å². The van der Waals surface area contributed by atoms with E-state index in [9.17, 15) is 9.50 Å². The Kier molecular flexibility index (Phi) is 3.63. The summed E-state index contributed by atoms with van der Waals surface area (Å²) in [4.78, 5) is 0. The molecule has 18 heavy (non-hydrogen) atoms. The molecule has 0 bridgehead atoms. The van der Waals surface area contributed by atoms with Crippen LogP contribution in [0, 0.1) is 12.7 Å². The third-order valence-corrected chi connectivity index (χ3v) is 3.01. The molecular formula is C15H16FNO. The average Bonchev–Trinajstić information content (AvgIpc) is 2.32. The van der Waals surface area contributed by atoms with E-state index in [1.165, 1.54) is 12.1 Å². The van der Waals surface area contributed by atoms with Gasteiger partial charge in [0, 0.05) is 6.04 Å². The summed E-state index contributed by atoms with van der Waals surface area (Å²) >= 11 is 0. The molecule has 0 aliphatic heterocycles. The second-order valence-electron chi connectivity index (χ2n) is 4.48. The molecular weight excluding hydrogens is 229 g/mol. The smallest absolute Gasteiger partial charge is 0.123 e. The first-order valence-corrected chi connectivity index (χ1v) is 5.86. The predicted octanol–water partition coefficient (Wildman–Crippen LogP) is 3.08. The van der Waals surface area contributed by atoms with Crippen LogP contribution >= 0.6 is 0 Å². The first kappa shape index (κ1) is 12.6. The highest BCUT2D eigenvalue weighted by molar-refractivity contribution is 5.33. The summed E-state index contributed by atoms with van der Waals surface area (Å²) in [5, 5.41) is 9.39. The molecule has 0 saturated heterocycles. The normalized spacial score (nSPS) is 12.4. The van der Waals surface area contributed by atoms with Crippen molar-refractivity contribution in [2.75, 3.05) is 0 Å². The molecule has 0 aliphatic carbocycles. The number of phenolic OH excluding ortho intramolecular Hbond substituents is 1. The third-order valence-electron chi connectivity index (χ3n) is 3.01. The predicted molar refractivity (Wildman–Crippen MR) is 69.9 cm³/mol. The number of hydrogen-bond donors (Lipinski definition) is 2. The van der Waals surface area contributed by atoms with Gasteiger partial charge in [-0.15, -0.1) is 0 Å². The van der Waals surface area contributed by atoms with Crippen LogP contribution in [0.2, 0.25) is 0 Å². The van der Waals surface area contributed by atoms with Crippen LogP contribution in [0.5, 0.6) is 5.75 Å². The van der Waals surface area contributed by atoms with Gasteiger partial charge in [0.1, 0.15) is 11.6 Å². The van der Waals surface area contributed by atoms with E-state index in [1.54, 1.807) is 24.3 Å². The molecule has 94 valence electrons. The van der Waals surface area contributed by atoms with Gasteiger partial charge in [-0.1, -0.05) is 18.2 Å². The lowest BCUT2D eigenvalue weighted by molar-refractivity contribution is 0.474. The summed E-state index contributed by atoms with van der Waals surface area (Å²) in [6.07, 6.45) is 0.568. The van der Waals surface area contributed by atoms with Gasteiger partial charge in [0.25, 0.3) is 0 Å². The SMILES string of the molecule is Cc1ccc(F)cc1C(N)Cc1cccc(O)c1. The van der Waals surface area contributed by atoms with E-state index in [2.05, 4.69) is 0 Å². The molecule has 2 aromatic carbocycles. The van der Waals surface area contributed by atoms with Crippen LogP contribution in [0.25, 0.3) is 0 Å². The monoisotopic (exact) mass is 245 g/mol. The maximum absolute atomic E-state index is 13.2. The Morgan fingerprint density at radius 1 is 1.22 bits per heavy atom. The van der Waals surface area contributed by atoms with Gasteiger partial charge in [0.2, 0.25) is 0 Å². The number of phenols is 1. The quantitative estimate of drug-likeness (QED) is 0.872. The summed E-state index contributed by atoms with van der Waals surface area (Å²) in [5.41, 5.74) is 8.81. The molecule has 2 rings (SSSR count). The standard InChI is InChI=1S/C15H16FNO/c1-10-5-6-12(16)9-14(10)15(17)8-11-3-2-4-13(18)7-11/h2-7,9,15,18H,8,17H2,1H3. The van der Waals surface area contributed by atoms with Gasteiger partial charge in [-0.25, -0.2) is 4.39 Å². The molecule has 0 saturated carbocycles. The molecule has 1 atom stereocenters. The van der Waals surface area contributed by atoms with Crippen LogP contribution in [-0.4, -0.2) is 5.11 Å². The number of hydrogen-bond acceptors (Lipinski definition) is 2. The Bertz CT molecular complexity index is 554. The minimum absolute atomic E-state index is 0.218. The largest absolute Gasteiger partial charge is 0.508 e. The molecule has 0 radical (unpaired) electrons. The molecule has 0 aromatic heterocycles. The molecule has 3 N–H and O–H groups in total. The van der Waals surface area contributed by atoms with E-state index < -0.39 is 0 Å². The zero-order chi connectivity index (χ0) is 13.1. The van der Waals surface area contributed by atoms with E-state index in [4.69, 9.17) is 5.73 Å². The molecule has 0 amide bonds. The molecule has 2 nitrogen and oxygen atoms in total. The van der Waals surface area contributed by atoms with Gasteiger partial charge in [0.15, 0.2) is 0 Å². The number of nitrogens with two attached hydrogens (primary N) is 1. The molecule has 3 heteroatoms. The van der Waals surface area contributed by atoms with Crippen molar-refractivity contribution in [2.45, 2.75) is 19.4 Å². The minimum atomic E-state index is -0.276. The van der Waals surface area contributed by atoms with Crippen LogP contribution in [0.1, 0.15) is 22.7 Å². The van der Waals surface area contributed by atoms with Gasteiger partial charge in [-0.2, -0.15) is 0 Å². The van der Waals surface area contributed by atoms with E-state index in [-0.39, 0.29) is 17.6 Å². The van der Waals surface area contributed by atoms with E-state index in [0.717, 1.165) is 16.7 Å². The van der Waals surface area contributed by atoms with Crippen LogP contribution < -0.4 is 5.73 Å². The van der Waals surface area contributed by atoms with Crippen molar-refractivity contribution < 1.29 is 9.50 Å². The molecule has 0 spiro atoms. The van der Waals surface area contributed by atoms with Crippen molar-refractivity contribution in [1.29, 1.82) is 0 Å². The van der Waals surface area contributed by atoms with Crippen molar-refractivity contribution in [3.8, 4) is 5.75 Å². The fraction of sp³-hybridized carbons (Fsp3) is 0.200. The fourth-order valence-corrected chi connectivity index (χ4v) is 2.06. The highest BCUT2D eigenvalue weighted by atomic mass is 19.1. The van der Waals surface area contributed by atoms with Crippen LogP contribution in [0.15, 0.2) is 42.5 Å². The number of halogens is 1. The Morgan fingerprint density at radius 2 is 2.00 bits per heavy atom. The van der Waals surface area contributed by atoms with Gasteiger partial charge in [-0.3, -0.25) is 0 Å². The Morgan fingerprint density at radius 3 is 2.72 bits per heavy atom. The van der Waals surface area contributed by atoms with Gasteiger partial charge in [0.05, 0.1) is 0 Å². The Balaban J connectivity index is 2.21. The minimum Gasteiger partial charge on any atom is -0.508 e. The van der Waals surface area contributed by atoms with Crippen LogP contribution in [0.4, 0.5) is 4.39 Å². The number of aryl methyl sites for hydroxylation is 1. The second kappa shape index (κ2) is 5.19. The van der Waals surface area contributed by atoms with Gasteiger partial charge >= 0.3 is 0 Å². The maximum Gasteiger partial charge on any atom is 0.123 e. The summed E-state index contributed by atoms with van der Waals surface area (Å²) in [5.74, 6) is -0.0578. The van der Waals surface area contributed by atoms with Crippen molar-refractivity contribution in [1.82, 2.24) is 0 Å². The summed E-state index contributed by atoms with van der Waals surface area (Å²) in [7, 11) is 0. The molecule has 0 aliphatic rings. The lowest BCUT2D eigenvalue weighted by Crippen LogP contribution is -2.15. The van der Waals surface area contributed by atoms with Crippen molar-refractivity contribution in [2.24, 2.45) is 5.73 Å². The Labute approximate surface area is 106 Å². The highest BCUT2D eigenvalue weighted by Crippen LogP contribution is 2.22. The lowest BCUT2D eigenvalue weighted by Gasteiger charge is -2.15. The lowest BCUT2D eigenvalue weighted by atomic mass is 9.96. The van der Waals surface area contributed by atoms with E-state index >= 15 is 0 Å². The van der Waals surface area contributed by atoms with Gasteiger partial charge in [-0.05, 0) is 54.3 Å². The molecule has 2 aromatic rings. The fourth-order valence-electron chi connectivity index (χ4n) is 2.06. The molecule has 0 fully saturated rings. The van der Waals surface area contributed by atoms with E-state index in [1.807, 2.05) is 13.0 Å². The average molecular weight is 245 g/mol. The number of aromatic hydroxyl groups is 1. The molecule has 0 heterocycles. The summed E-state index contributed by atoms with van der Waals surface area (Å²) in [6, 6.07) is 11.3. The van der Waals surface area contributed by atoms with E-state index in [0.29, 0.717) is 6.42 Å². The second-order valence-corrected chi connectivity index (χ2v) is 4.48. The van der Waals surface area contributed by atoms with Crippen molar-refractivity contribution in [3.05, 3.63) is 65.0 Å². The first-order chi connectivity index (χ1) is 8.56. The number of benzene rings is 2. The first-order valence-electron chi connectivity index (χ1n) is 5.86.